The van der Waals surface area contributed by atoms with Gasteiger partial charge in [-0.05, 0) is 75.6 Å². The highest BCUT2D eigenvalue weighted by Gasteiger charge is 2.31. The van der Waals surface area contributed by atoms with Crippen LogP contribution in [-0.2, 0) is 30.4 Å². The van der Waals surface area contributed by atoms with Crippen LogP contribution in [0.4, 0.5) is 0 Å². The molecule has 0 fully saturated rings. The molecule has 1 rings (SSSR count). The van der Waals surface area contributed by atoms with Crippen LogP contribution < -0.4 is 55.7 Å². The van der Waals surface area contributed by atoms with E-state index in [-0.39, 0.29) is 69.3 Å². The Balaban J connectivity index is 3.10. The van der Waals surface area contributed by atoms with Crippen LogP contribution in [0.2, 0.25) is 0 Å². The lowest BCUT2D eigenvalue weighted by molar-refractivity contribution is -0.142. The quantitative estimate of drug-likeness (QED) is 0.0274. The maximum absolute atomic E-state index is 13.4. The fourth-order valence-corrected chi connectivity index (χ4v) is 4.56. The predicted octanol–water partition coefficient (Wildman–Crippen LogP) is -4.49. The van der Waals surface area contributed by atoms with Crippen molar-refractivity contribution in [3.8, 4) is 5.75 Å². The molecule has 20 nitrogen and oxygen atoms in total. The lowest BCUT2D eigenvalue weighted by Crippen LogP contribution is -2.59. The highest BCUT2D eigenvalue weighted by molar-refractivity contribution is 5.95. The number of aromatic hydroxyl groups is 1. The van der Waals surface area contributed by atoms with E-state index in [1.165, 1.54) is 12.1 Å². The zero-order chi connectivity index (χ0) is 37.6. The zero-order valence-electron chi connectivity index (χ0n) is 27.9. The van der Waals surface area contributed by atoms with E-state index in [4.69, 9.17) is 34.4 Å². The Morgan fingerprint density at radius 2 is 1.10 bits per heavy atom. The van der Waals surface area contributed by atoms with Crippen LogP contribution >= 0.6 is 0 Å². The summed E-state index contributed by atoms with van der Waals surface area (Å²) in [6.45, 7) is -0.347. The Morgan fingerprint density at radius 1 is 0.660 bits per heavy atom. The summed E-state index contributed by atoms with van der Waals surface area (Å²) >= 11 is 0. The van der Waals surface area contributed by atoms with Crippen LogP contribution in [0.1, 0.15) is 50.5 Å². The van der Waals surface area contributed by atoms with Gasteiger partial charge in [0.1, 0.15) is 29.9 Å². The predicted molar refractivity (Wildman–Crippen MR) is 185 cm³/mol. The summed E-state index contributed by atoms with van der Waals surface area (Å²) in [6, 6.07) is -0.429. The van der Waals surface area contributed by atoms with Gasteiger partial charge in [-0.15, -0.1) is 0 Å². The van der Waals surface area contributed by atoms with E-state index in [9.17, 15) is 39.3 Å². The summed E-state index contributed by atoms with van der Waals surface area (Å²) in [5, 5.41) is 38.9. The number of rotatable bonds is 24. The number of aliphatic hydroxyl groups excluding tert-OH is 1. The van der Waals surface area contributed by atoms with E-state index in [0.717, 1.165) is 0 Å². The van der Waals surface area contributed by atoms with Crippen molar-refractivity contribution in [2.45, 2.75) is 81.6 Å². The van der Waals surface area contributed by atoms with Crippen molar-refractivity contribution >= 4 is 41.5 Å². The first-order valence-corrected chi connectivity index (χ1v) is 16.1. The molecule has 0 aliphatic rings. The number of hydrogen-bond acceptors (Lipinski definition) is 11. The van der Waals surface area contributed by atoms with Gasteiger partial charge >= 0.3 is 5.97 Å². The number of carboxylic acid groups (broad SMARTS) is 1. The molecule has 5 atom stereocenters. The molecule has 280 valence electrons. The van der Waals surface area contributed by atoms with Gasteiger partial charge in [0.2, 0.25) is 23.6 Å². The number of carbonyl (C=O) groups excluding carboxylic acids is 4. The number of phenols is 1. The molecule has 0 radical (unpaired) electrons. The number of hydrogen-bond donors (Lipinski definition) is 13. The highest BCUT2D eigenvalue weighted by Crippen LogP contribution is 2.11. The molecule has 0 saturated carbocycles. The van der Waals surface area contributed by atoms with Crippen molar-refractivity contribution in [3.05, 3.63) is 29.8 Å². The third-order valence-corrected chi connectivity index (χ3v) is 7.26. The largest absolute Gasteiger partial charge is 0.508 e. The Kier molecular flexibility index (Phi) is 19.9. The lowest BCUT2D eigenvalue weighted by Gasteiger charge is -2.25. The molecule has 0 saturated heterocycles. The molecule has 0 aliphatic heterocycles. The van der Waals surface area contributed by atoms with Crippen molar-refractivity contribution in [1.82, 2.24) is 21.3 Å². The minimum atomic E-state index is -1.59. The number of nitrogens with zero attached hydrogens (tertiary/aromatic N) is 2. The minimum Gasteiger partial charge on any atom is -0.508 e. The summed E-state index contributed by atoms with van der Waals surface area (Å²) in [5.41, 5.74) is 33.6. The minimum absolute atomic E-state index is 0.0105. The van der Waals surface area contributed by atoms with Crippen LogP contribution in [0, 0.1) is 0 Å². The number of unbranched alkanes of at least 4 members (excludes halogenated alkanes) is 1. The molecule has 0 unspecified atom stereocenters. The number of carbonyl (C=O) groups is 5. The molecule has 0 bridgehead atoms. The van der Waals surface area contributed by atoms with Gasteiger partial charge in [0, 0.05) is 13.1 Å². The average molecular weight is 709 g/mol. The third-order valence-electron chi connectivity index (χ3n) is 7.26. The first-order valence-electron chi connectivity index (χ1n) is 16.1. The standard InChI is InChI=1S/C30H52N12O8/c31-12-2-1-5-22(28(49)50)41-25(46)21(7-4-14-38-30(35)36)40-27(48)23(16-43)42-26(47)20(6-3-13-37-29(33)34)39-24(45)19(32)15-17-8-10-18(44)11-9-17/h8-11,19-23,43-44H,1-7,12-16,31-32H2,(H,39,45)(H,40,48)(H,41,46)(H,42,47)(H,49,50)(H4,33,34,37)(H4,35,36,38)/t19-,20-,21-,22-,23-/m0/s1. The van der Waals surface area contributed by atoms with E-state index < -0.39 is 66.4 Å². The van der Waals surface area contributed by atoms with E-state index in [1.807, 2.05) is 0 Å². The van der Waals surface area contributed by atoms with Crippen molar-refractivity contribution < 1.29 is 39.3 Å². The van der Waals surface area contributed by atoms with Crippen LogP contribution in [0.15, 0.2) is 34.3 Å². The Labute approximate surface area is 289 Å². The smallest absolute Gasteiger partial charge is 0.326 e. The lowest BCUT2D eigenvalue weighted by atomic mass is 10.0. The Hall–Kier alpha value is -5.21. The summed E-state index contributed by atoms with van der Waals surface area (Å²) in [7, 11) is 0. The normalized spacial score (nSPS) is 13.7. The molecule has 20 heteroatoms. The van der Waals surface area contributed by atoms with Crippen LogP contribution in [0.5, 0.6) is 5.75 Å². The summed E-state index contributed by atoms with van der Waals surface area (Å²) < 4.78 is 0. The molecule has 50 heavy (non-hydrogen) atoms. The third kappa shape index (κ3) is 17.3. The molecule has 19 N–H and O–H groups in total. The maximum atomic E-state index is 13.4. The molecule has 1 aromatic carbocycles. The summed E-state index contributed by atoms with van der Waals surface area (Å²) in [6.07, 6.45) is 1.55. The Bertz CT molecular complexity index is 1300. The second-order valence-corrected chi connectivity index (χ2v) is 11.4. The number of carboxylic acids is 1. The van der Waals surface area contributed by atoms with Gasteiger partial charge in [-0.1, -0.05) is 12.1 Å². The van der Waals surface area contributed by atoms with Crippen molar-refractivity contribution in [2.75, 3.05) is 26.2 Å². The monoisotopic (exact) mass is 708 g/mol. The van der Waals surface area contributed by atoms with E-state index in [1.54, 1.807) is 12.1 Å². The molecular formula is C30H52N12O8. The van der Waals surface area contributed by atoms with Gasteiger partial charge in [-0.25, -0.2) is 4.79 Å². The van der Waals surface area contributed by atoms with Gasteiger partial charge in [0.25, 0.3) is 0 Å². The van der Waals surface area contributed by atoms with Crippen LogP contribution in [0.25, 0.3) is 0 Å². The summed E-state index contributed by atoms with van der Waals surface area (Å²) in [4.78, 5) is 72.3. The van der Waals surface area contributed by atoms with E-state index in [2.05, 4.69) is 31.3 Å². The van der Waals surface area contributed by atoms with Gasteiger partial charge < -0.3 is 71.0 Å². The topological polar surface area (TPSA) is 375 Å². The SMILES string of the molecule is NCCCC[C@H](NC(=O)[C@H](CCCN=C(N)N)NC(=O)[C@H](CO)NC(=O)[C@H](CCCN=C(N)N)NC(=O)[C@@H](N)Cc1ccc(O)cc1)C(=O)O. The fourth-order valence-electron chi connectivity index (χ4n) is 4.56. The maximum Gasteiger partial charge on any atom is 0.326 e. The molecular weight excluding hydrogens is 656 g/mol. The van der Waals surface area contributed by atoms with Crippen LogP contribution in [-0.4, -0.2) is 113 Å². The number of nitrogens with one attached hydrogen (secondary N) is 4. The second-order valence-electron chi connectivity index (χ2n) is 11.4. The molecule has 0 spiro atoms. The van der Waals surface area contributed by atoms with Crippen molar-refractivity contribution in [2.24, 2.45) is 44.4 Å². The summed E-state index contributed by atoms with van der Waals surface area (Å²) in [5.74, 6) is -4.94. The number of amides is 4. The molecule has 1 aromatic rings. The number of benzene rings is 1. The number of guanidine groups is 2. The van der Waals surface area contributed by atoms with Crippen LogP contribution in [0.3, 0.4) is 0 Å². The number of nitrogens with two attached hydrogens (primary N) is 6. The number of phenolic OH excluding ortho intramolecular Hbond substituents is 1. The zero-order valence-corrected chi connectivity index (χ0v) is 27.9. The average Bonchev–Trinajstić information content (AvgIpc) is 3.06. The first kappa shape index (κ1) is 42.8. The number of aliphatic carboxylic acids is 1. The molecule has 0 heterocycles. The van der Waals surface area contributed by atoms with E-state index >= 15 is 0 Å². The molecule has 4 amide bonds. The Morgan fingerprint density at radius 3 is 1.56 bits per heavy atom. The van der Waals surface area contributed by atoms with Gasteiger partial charge in [-0.3, -0.25) is 29.2 Å². The van der Waals surface area contributed by atoms with Gasteiger partial charge in [0.05, 0.1) is 12.6 Å². The van der Waals surface area contributed by atoms with E-state index in [0.29, 0.717) is 24.9 Å². The second kappa shape index (κ2) is 23.2. The number of aliphatic hydroxyl groups is 1. The molecule has 0 aromatic heterocycles. The number of aliphatic imine (C=N–C) groups is 2. The van der Waals surface area contributed by atoms with Crippen molar-refractivity contribution in [3.63, 3.8) is 0 Å². The fraction of sp³-hybridized carbons (Fsp3) is 0.567. The first-order chi connectivity index (χ1) is 23.7. The van der Waals surface area contributed by atoms with Gasteiger partial charge in [-0.2, -0.15) is 0 Å². The van der Waals surface area contributed by atoms with Gasteiger partial charge in [0.15, 0.2) is 11.9 Å². The van der Waals surface area contributed by atoms with Crippen molar-refractivity contribution in [1.29, 1.82) is 0 Å². The molecule has 0 aliphatic carbocycles. The highest BCUT2D eigenvalue weighted by atomic mass is 16.4.